The maximum atomic E-state index is 12.5. The summed E-state index contributed by atoms with van der Waals surface area (Å²) in [6, 6.07) is 0.0682. The van der Waals surface area contributed by atoms with E-state index in [4.69, 9.17) is 0 Å². The van der Waals surface area contributed by atoms with Crippen molar-refractivity contribution in [3.63, 3.8) is 0 Å². The highest BCUT2D eigenvalue weighted by Gasteiger charge is 2.37. The van der Waals surface area contributed by atoms with Crippen LogP contribution in [0, 0.1) is 11.8 Å². The molecule has 3 atom stereocenters. The third kappa shape index (κ3) is 5.12. The summed E-state index contributed by atoms with van der Waals surface area (Å²) in [5.41, 5.74) is 0. The normalized spacial score (nSPS) is 31.8. The summed E-state index contributed by atoms with van der Waals surface area (Å²) in [5.74, 6) is 2.42. The summed E-state index contributed by atoms with van der Waals surface area (Å²) < 4.78 is 37.5. The van der Waals surface area contributed by atoms with Crippen LogP contribution in [0.3, 0.4) is 0 Å². The van der Waals surface area contributed by atoms with Crippen LogP contribution in [0.2, 0.25) is 0 Å². The minimum Gasteiger partial charge on any atom is -0.352 e. The van der Waals surface area contributed by atoms with E-state index in [1.807, 2.05) is 0 Å². The first-order valence-electron chi connectivity index (χ1n) is 8.72. The van der Waals surface area contributed by atoms with E-state index in [2.05, 4.69) is 15.2 Å². The molecule has 0 spiro atoms. The van der Waals surface area contributed by atoms with E-state index in [0.717, 1.165) is 37.3 Å². The summed E-state index contributed by atoms with van der Waals surface area (Å²) in [6.07, 6.45) is 1.91. The molecule has 0 aromatic rings. The molecular weight excluding hydrogens is 432 g/mol. The molecule has 3 aliphatic rings. The first kappa shape index (κ1) is 20.1. The van der Waals surface area contributed by atoms with Crippen molar-refractivity contribution >= 4 is 29.9 Å². The third-order valence-electron chi connectivity index (χ3n) is 5.50. The lowest BCUT2D eigenvalue weighted by molar-refractivity contribution is -0.143. The zero-order chi connectivity index (χ0) is 16.4. The number of aliphatic imine (C=N–C) groups is 1. The van der Waals surface area contributed by atoms with Crippen molar-refractivity contribution in [2.24, 2.45) is 16.8 Å². The van der Waals surface area contributed by atoms with Crippen LogP contribution in [0.15, 0.2) is 4.99 Å². The molecule has 2 saturated heterocycles. The number of nitrogens with one attached hydrogen (secondary N) is 1. The van der Waals surface area contributed by atoms with E-state index in [-0.39, 0.29) is 30.0 Å². The fourth-order valence-corrected chi connectivity index (χ4v) is 4.41. The predicted octanol–water partition coefficient (Wildman–Crippen LogP) is 2.94. The molecule has 8 heteroatoms. The highest BCUT2D eigenvalue weighted by molar-refractivity contribution is 14.0. The van der Waals surface area contributed by atoms with Crippen molar-refractivity contribution in [3.8, 4) is 0 Å². The number of rotatable bonds is 2. The van der Waals surface area contributed by atoms with Crippen LogP contribution in [-0.2, 0) is 0 Å². The standard InChI is InChI=1S/C16H27F3N4.HI/c1-20-15(23-8-12-4-2-3-5-13(12)9-23)21-14-6-7-22(10-14)11-16(17,18)19;/h12-14H,2-11H2,1H3,(H,20,21);1H. The molecule has 3 rings (SSSR count). The zero-order valence-electron chi connectivity index (χ0n) is 14.2. The maximum absolute atomic E-state index is 12.5. The van der Waals surface area contributed by atoms with Gasteiger partial charge >= 0.3 is 6.18 Å². The summed E-state index contributed by atoms with van der Waals surface area (Å²) in [7, 11) is 1.77. The molecule has 1 N–H and O–H groups in total. The number of halogens is 4. The zero-order valence-corrected chi connectivity index (χ0v) is 16.5. The molecule has 1 saturated carbocycles. The molecule has 0 amide bonds. The third-order valence-corrected chi connectivity index (χ3v) is 5.50. The van der Waals surface area contributed by atoms with Gasteiger partial charge in [0.2, 0.25) is 0 Å². The van der Waals surface area contributed by atoms with E-state index in [1.165, 1.54) is 30.6 Å². The molecule has 0 bridgehead atoms. The lowest BCUT2D eigenvalue weighted by atomic mass is 9.82. The molecule has 3 unspecified atom stereocenters. The monoisotopic (exact) mass is 460 g/mol. The SMILES string of the molecule is CN=C(NC1CCN(CC(F)(F)F)C1)N1CC2CCCCC2C1.I. The van der Waals surface area contributed by atoms with Crippen molar-refractivity contribution in [2.45, 2.75) is 44.3 Å². The summed E-state index contributed by atoms with van der Waals surface area (Å²) in [4.78, 5) is 8.18. The lowest BCUT2D eigenvalue weighted by Gasteiger charge is -2.25. The minimum atomic E-state index is -4.11. The summed E-state index contributed by atoms with van der Waals surface area (Å²) in [5, 5.41) is 3.40. The smallest absolute Gasteiger partial charge is 0.352 e. The van der Waals surface area contributed by atoms with Gasteiger partial charge in [-0.25, -0.2) is 0 Å². The topological polar surface area (TPSA) is 30.9 Å². The van der Waals surface area contributed by atoms with E-state index in [0.29, 0.717) is 13.1 Å². The van der Waals surface area contributed by atoms with Crippen LogP contribution in [-0.4, -0.2) is 67.7 Å². The van der Waals surface area contributed by atoms with Gasteiger partial charge in [0.1, 0.15) is 0 Å². The minimum absolute atomic E-state index is 0. The van der Waals surface area contributed by atoms with Crippen molar-refractivity contribution < 1.29 is 13.2 Å². The molecule has 2 aliphatic heterocycles. The van der Waals surface area contributed by atoms with Crippen LogP contribution in [0.1, 0.15) is 32.1 Å². The number of hydrogen-bond acceptors (Lipinski definition) is 2. The molecule has 3 fully saturated rings. The van der Waals surface area contributed by atoms with Crippen LogP contribution in [0.5, 0.6) is 0 Å². The average molecular weight is 460 g/mol. The van der Waals surface area contributed by atoms with Crippen LogP contribution in [0.25, 0.3) is 0 Å². The molecule has 2 heterocycles. The Labute approximate surface area is 159 Å². The predicted molar refractivity (Wildman–Crippen MR) is 99.8 cm³/mol. The molecular formula is C16H28F3IN4. The maximum Gasteiger partial charge on any atom is 0.401 e. The Morgan fingerprint density at radius 3 is 2.25 bits per heavy atom. The first-order valence-corrected chi connectivity index (χ1v) is 8.72. The van der Waals surface area contributed by atoms with Crippen molar-refractivity contribution in [2.75, 3.05) is 39.8 Å². The molecule has 4 nitrogen and oxygen atoms in total. The van der Waals surface area contributed by atoms with Gasteiger partial charge < -0.3 is 10.2 Å². The lowest BCUT2D eigenvalue weighted by Crippen LogP contribution is -2.46. The van der Waals surface area contributed by atoms with Gasteiger partial charge in [-0.15, -0.1) is 24.0 Å². The number of fused-ring (bicyclic) bond motifs is 1. The second kappa shape index (κ2) is 8.42. The number of guanidine groups is 1. The summed E-state index contributed by atoms with van der Waals surface area (Å²) in [6.45, 7) is 2.23. The highest BCUT2D eigenvalue weighted by Crippen LogP contribution is 2.36. The van der Waals surface area contributed by atoms with E-state index in [9.17, 15) is 13.2 Å². The Morgan fingerprint density at radius 2 is 1.71 bits per heavy atom. The second-order valence-electron chi connectivity index (χ2n) is 7.24. The Kier molecular flexibility index (Phi) is 7.04. The summed E-state index contributed by atoms with van der Waals surface area (Å²) >= 11 is 0. The van der Waals surface area contributed by atoms with Gasteiger partial charge in [-0.1, -0.05) is 12.8 Å². The van der Waals surface area contributed by atoms with Gasteiger partial charge in [0.05, 0.1) is 6.54 Å². The molecule has 0 radical (unpaired) electrons. The van der Waals surface area contributed by atoms with Crippen molar-refractivity contribution in [1.29, 1.82) is 0 Å². The van der Waals surface area contributed by atoms with Gasteiger partial charge in [0, 0.05) is 39.3 Å². The highest BCUT2D eigenvalue weighted by atomic mass is 127. The van der Waals surface area contributed by atoms with E-state index in [1.54, 1.807) is 7.05 Å². The first-order chi connectivity index (χ1) is 10.9. The molecule has 140 valence electrons. The van der Waals surface area contributed by atoms with E-state index < -0.39 is 12.7 Å². The average Bonchev–Trinajstić information content (AvgIpc) is 3.09. The van der Waals surface area contributed by atoms with Gasteiger partial charge in [0.25, 0.3) is 0 Å². The Morgan fingerprint density at radius 1 is 1.08 bits per heavy atom. The van der Waals surface area contributed by atoms with Crippen LogP contribution >= 0.6 is 24.0 Å². The Bertz CT molecular complexity index is 430. The fourth-order valence-electron chi connectivity index (χ4n) is 4.41. The molecule has 1 aliphatic carbocycles. The van der Waals surface area contributed by atoms with Crippen LogP contribution < -0.4 is 5.32 Å². The van der Waals surface area contributed by atoms with Gasteiger partial charge in [-0.2, -0.15) is 13.2 Å². The number of hydrogen-bond donors (Lipinski definition) is 1. The number of likely N-dealkylation sites (tertiary alicyclic amines) is 2. The van der Waals surface area contributed by atoms with E-state index >= 15 is 0 Å². The van der Waals surface area contributed by atoms with Gasteiger partial charge in [-0.3, -0.25) is 9.89 Å². The van der Waals surface area contributed by atoms with Gasteiger partial charge in [-0.05, 0) is 31.1 Å². The fraction of sp³-hybridized carbons (Fsp3) is 0.938. The van der Waals surface area contributed by atoms with Crippen LogP contribution in [0.4, 0.5) is 13.2 Å². The number of alkyl halides is 3. The Hall–Kier alpha value is -0.250. The van der Waals surface area contributed by atoms with Gasteiger partial charge in [0.15, 0.2) is 5.96 Å². The Balaban J connectivity index is 0.00000208. The second-order valence-corrected chi connectivity index (χ2v) is 7.24. The molecule has 0 aromatic carbocycles. The van der Waals surface area contributed by atoms with Crippen molar-refractivity contribution in [3.05, 3.63) is 0 Å². The van der Waals surface area contributed by atoms with Crippen molar-refractivity contribution in [1.82, 2.24) is 15.1 Å². The quantitative estimate of drug-likeness (QED) is 0.391. The molecule has 0 aromatic heterocycles. The molecule has 24 heavy (non-hydrogen) atoms. The number of nitrogens with zero attached hydrogens (tertiary/aromatic N) is 3. The largest absolute Gasteiger partial charge is 0.401 e.